The van der Waals surface area contributed by atoms with Crippen molar-refractivity contribution < 1.29 is 21.6 Å². The summed E-state index contributed by atoms with van der Waals surface area (Å²) in [6, 6.07) is 0. The van der Waals surface area contributed by atoms with Gasteiger partial charge in [-0.05, 0) is 13.0 Å². The topological polar surface area (TPSA) is 58.2 Å². The summed E-state index contributed by atoms with van der Waals surface area (Å²) in [6.45, 7) is 0.737. The largest absolute Gasteiger partial charge is 0.389 e. The molecule has 0 aromatic heterocycles. The molecule has 0 saturated heterocycles. The summed E-state index contributed by atoms with van der Waals surface area (Å²) in [6.07, 6.45) is -3.91. The summed E-state index contributed by atoms with van der Waals surface area (Å²) in [4.78, 5) is 0. The van der Waals surface area contributed by atoms with Gasteiger partial charge in [-0.25, -0.2) is 13.1 Å². The van der Waals surface area contributed by atoms with Crippen LogP contribution in [0.4, 0.5) is 13.2 Å². The van der Waals surface area contributed by atoms with E-state index in [1.165, 1.54) is 0 Å². The van der Waals surface area contributed by atoms with Gasteiger partial charge in [-0.2, -0.15) is 13.2 Å². The summed E-state index contributed by atoms with van der Waals surface area (Å²) in [7, 11) is -3.21. The van der Waals surface area contributed by atoms with E-state index in [4.69, 9.17) is 0 Å². The van der Waals surface area contributed by atoms with Crippen LogP contribution in [-0.2, 0) is 10.0 Å². The van der Waals surface area contributed by atoms with Crippen LogP contribution in [0.5, 0.6) is 0 Å². The second kappa shape index (κ2) is 6.29. The first-order valence-corrected chi connectivity index (χ1v) is 6.32. The third-order valence-electron chi connectivity index (χ3n) is 1.48. The standard InChI is InChI=1S/C7H15F3N2O2S/c1-15(13,14)12-6-5-11-4-2-3-7(8,9)10/h11-12H,2-6H2,1H3. The first kappa shape index (κ1) is 14.7. The van der Waals surface area contributed by atoms with Crippen molar-refractivity contribution in [2.75, 3.05) is 25.9 Å². The van der Waals surface area contributed by atoms with Gasteiger partial charge < -0.3 is 5.32 Å². The number of rotatable bonds is 7. The quantitative estimate of drug-likeness (QED) is 0.644. The molecule has 0 amide bonds. The minimum atomic E-state index is -4.12. The van der Waals surface area contributed by atoms with Gasteiger partial charge in [0.2, 0.25) is 10.0 Å². The van der Waals surface area contributed by atoms with Gasteiger partial charge >= 0.3 is 6.18 Å². The fourth-order valence-corrected chi connectivity index (χ4v) is 1.34. The Morgan fingerprint density at radius 3 is 2.20 bits per heavy atom. The van der Waals surface area contributed by atoms with Crippen molar-refractivity contribution in [2.45, 2.75) is 19.0 Å². The van der Waals surface area contributed by atoms with Crippen LogP contribution in [0.3, 0.4) is 0 Å². The molecule has 4 nitrogen and oxygen atoms in total. The Morgan fingerprint density at radius 1 is 1.13 bits per heavy atom. The van der Waals surface area contributed by atoms with Gasteiger partial charge in [0.05, 0.1) is 6.26 Å². The molecule has 0 fully saturated rings. The molecule has 0 bridgehead atoms. The molecule has 8 heteroatoms. The van der Waals surface area contributed by atoms with Gasteiger partial charge in [-0.1, -0.05) is 0 Å². The van der Waals surface area contributed by atoms with Crippen molar-refractivity contribution in [3.63, 3.8) is 0 Å². The Balaban J connectivity index is 3.27. The van der Waals surface area contributed by atoms with Crippen LogP contribution < -0.4 is 10.0 Å². The average molecular weight is 248 g/mol. The zero-order chi connectivity index (χ0) is 11.9. The Kier molecular flexibility index (Phi) is 6.15. The lowest BCUT2D eigenvalue weighted by Crippen LogP contribution is -2.31. The van der Waals surface area contributed by atoms with E-state index in [1.807, 2.05) is 0 Å². The molecule has 0 radical (unpaired) electrons. The summed E-state index contributed by atoms with van der Waals surface area (Å²) < 4.78 is 58.3. The number of hydrogen-bond donors (Lipinski definition) is 2. The Bertz CT molecular complexity index is 264. The molecule has 0 aliphatic heterocycles. The minimum absolute atomic E-state index is 0.00236. The maximum Gasteiger partial charge on any atom is 0.389 e. The molecule has 0 unspecified atom stereocenters. The lowest BCUT2D eigenvalue weighted by Gasteiger charge is -2.07. The Hall–Kier alpha value is -0.340. The zero-order valence-electron chi connectivity index (χ0n) is 8.39. The number of halogens is 3. The van der Waals surface area contributed by atoms with E-state index in [2.05, 4.69) is 10.0 Å². The van der Waals surface area contributed by atoms with Crippen molar-refractivity contribution in [1.29, 1.82) is 0 Å². The molecule has 0 saturated carbocycles. The van der Waals surface area contributed by atoms with Crippen molar-refractivity contribution in [3.8, 4) is 0 Å². The van der Waals surface area contributed by atoms with Crippen LogP contribution in [0, 0.1) is 0 Å². The van der Waals surface area contributed by atoms with Crippen LogP contribution in [0.2, 0.25) is 0 Å². The van der Waals surface area contributed by atoms with Gasteiger partial charge in [0.25, 0.3) is 0 Å². The van der Waals surface area contributed by atoms with E-state index >= 15 is 0 Å². The van der Waals surface area contributed by atoms with Crippen molar-refractivity contribution >= 4 is 10.0 Å². The molecule has 0 aromatic carbocycles. The lowest BCUT2D eigenvalue weighted by atomic mass is 10.3. The van der Waals surface area contributed by atoms with Gasteiger partial charge in [0.1, 0.15) is 0 Å². The molecule has 0 aliphatic rings. The molecule has 0 aliphatic carbocycles. The monoisotopic (exact) mass is 248 g/mol. The lowest BCUT2D eigenvalue weighted by molar-refractivity contribution is -0.135. The highest BCUT2D eigenvalue weighted by molar-refractivity contribution is 7.88. The molecular weight excluding hydrogens is 233 g/mol. The number of alkyl halides is 3. The predicted octanol–water partition coefficient (Wildman–Crippen LogP) is 0.468. The second-order valence-corrected chi connectivity index (χ2v) is 4.97. The summed E-state index contributed by atoms with van der Waals surface area (Å²) in [5, 5.41) is 2.70. The predicted molar refractivity (Wildman–Crippen MR) is 51.0 cm³/mol. The van der Waals surface area contributed by atoms with Gasteiger partial charge in [0.15, 0.2) is 0 Å². The number of nitrogens with one attached hydrogen (secondary N) is 2. The molecule has 0 rings (SSSR count). The second-order valence-electron chi connectivity index (χ2n) is 3.14. The van der Waals surface area contributed by atoms with Crippen molar-refractivity contribution in [2.24, 2.45) is 0 Å². The summed E-state index contributed by atoms with van der Waals surface area (Å²) >= 11 is 0. The highest BCUT2D eigenvalue weighted by Crippen LogP contribution is 2.20. The van der Waals surface area contributed by atoms with Crippen LogP contribution in [0.1, 0.15) is 12.8 Å². The van der Waals surface area contributed by atoms with E-state index in [0.29, 0.717) is 6.54 Å². The summed E-state index contributed by atoms with van der Waals surface area (Å²) in [5.74, 6) is 0. The zero-order valence-corrected chi connectivity index (χ0v) is 9.21. The molecule has 0 heterocycles. The van der Waals surface area contributed by atoms with Crippen LogP contribution >= 0.6 is 0 Å². The molecule has 92 valence electrons. The average Bonchev–Trinajstić information content (AvgIpc) is 1.98. The molecular formula is C7H15F3N2O2S. The number of hydrogen-bond acceptors (Lipinski definition) is 3. The first-order chi connectivity index (χ1) is 6.71. The molecule has 0 aromatic rings. The SMILES string of the molecule is CS(=O)(=O)NCCNCCCC(F)(F)F. The molecule has 0 atom stereocenters. The molecule has 2 N–H and O–H groups in total. The van der Waals surface area contributed by atoms with Gasteiger partial charge in [0, 0.05) is 19.5 Å². The van der Waals surface area contributed by atoms with Crippen molar-refractivity contribution in [3.05, 3.63) is 0 Å². The van der Waals surface area contributed by atoms with E-state index in [-0.39, 0.29) is 19.5 Å². The maximum absolute atomic E-state index is 11.7. The van der Waals surface area contributed by atoms with Gasteiger partial charge in [-0.3, -0.25) is 0 Å². The Labute approximate surface area is 87.3 Å². The first-order valence-electron chi connectivity index (χ1n) is 4.43. The van der Waals surface area contributed by atoms with Gasteiger partial charge in [-0.15, -0.1) is 0 Å². The Morgan fingerprint density at radius 2 is 1.73 bits per heavy atom. The van der Waals surface area contributed by atoms with Crippen LogP contribution in [0.15, 0.2) is 0 Å². The summed E-state index contributed by atoms with van der Waals surface area (Å²) in [5.41, 5.74) is 0. The van der Waals surface area contributed by atoms with E-state index in [1.54, 1.807) is 0 Å². The normalized spacial score (nSPS) is 13.1. The maximum atomic E-state index is 11.7. The highest BCUT2D eigenvalue weighted by atomic mass is 32.2. The van der Waals surface area contributed by atoms with Crippen LogP contribution in [-0.4, -0.2) is 40.5 Å². The fourth-order valence-electron chi connectivity index (χ4n) is 0.864. The molecule has 0 spiro atoms. The van der Waals surface area contributed by atoms with Crippen LogP contribution in [0.25, 0.3) is 0 Å². The van der Waals surface area contributed by atoms with E-state index < -0.39 is 22.6 Å². The molecule has 15 heavy (non-hydrogen) atoms. The van der Waals surface area contributed by atoms with E-state index in [0.717, 1.165) is 6.26 Å². The highest BCUT2D eigenvalue weighted by Gasteiger charge is 2.25. The van der Waals surface area contributed by atoms with E-state index in [9.17, 15) is 21.6 Å². The third-order valence-corrected chi connectivity index (χ3v) is 2.21. The number of sulfonamides is 1. The third kappa shape index (κ3) is 13.7. The smallest absolute Gasteiger partial charge is 0.315 e. The van der Waals surface area contributed by atoms with Crippen molar-refractivity contribution in [1.82, 2.24) is 10.0 Å². The fraction of sp³-hybridized carbons (Fsp3) is 1.00. The minimum Gasteiger partial charge on any atom is -0.315 e.